The minimum atomic E-state index is -0.554. The summed E-state index contributed by atoms with van der Waals surface area (Å²) in [6.07, 6.45) is 5.25. The van der Waals surface area contributed by atoms with E-state index in [0.717, 1.165) is 38.3 Å². The molecule has 5 rings (SSSR count). The van der Waals surface area contributed by atoms with Gasteiger partial charge in [-0.3, -0.25) is 4.79 Å². The molecule has 2 amide bonds. The van der Waals surface area contributed by atoms with Crippen molar-refractivity contribution in [2.24, 2.45) is 0 Å². The average molecular weight is 557 g/mol. The number of hydrogen-bond acceptors (Lipinski definition) is 7. The predicted molar refractivity (Wildman–Crippen MR) is 159 cm³/mol. The van der Waals surface area contributed by atoms with Crippen molar-refractivity contribution in [3.05, 3.63) is 77.8 Å². The first kappa shape index (κ1) is 27.2. The molecule has 1 saturated heterocycles. The Morgan fingerprint density at radius 3 is 2.55 bits per heavy atom. The van der Waals surface area contributed by atoms with Crippen molar-refractivity contribution in [1.29, 1.82) is 0 Å². The first-order chi connectivity index (χ1) is 19.2. The summed E-state index contributed by atoms with van der Waals surface area (Å²) in [4.78, 5) is 31.0. The minimum absolute atomic E-state index is 0.128. The van der Waals surface area contributed by atoms with Gasteiger partial charge in [0.2, 0.25) is 5.91 Å². The molecular weight excluding hydrogens is 524 g/mol. The summed E-state index contributed by atoms with van der Waals surface area (Å²) in [7, 11) is 0. The van der Waals surface area contributed by atoms with Gasteiger partial charge in [0, 0.05) is 52.6 Å². The SMILES string of the molecule is CC(C)(C)OC(=O)N1CCC(NC(=O)/C=C/c2cnc(N)c3c(-c4ccc(Oc5ccccc5)cc4)csc23)C1. The number of fused-ring (bicyclic) bond motifs is 1. The number of pyridine rings is 1. The van der Waals surface area contributed by atoms with Crippen molar-refractivity contribution in [2.75, 3.05) is 18.8 Å². The van der Waals surface area contributed by atoms with Crippen LogP contribution in [0.2, 0.25) is 0 Å². The predicted octanol–water partition coefficient (Wildman–Crippen LogP) is 6.48. The molecule has 0 aliphatic carbocycles. The zero-order valence-corrected chi connectivity index (χ0v) is 23.5. The van der Waals surface area contributed by atoms with Crippen LogP contribution in [0.25, 0.3) is 27.3 Å². The van der Waals surface area contributed by atoms with Crippen LogP contribution in [-0.2, 0) is 9.53 Å². The molecule has 0 saturated carbocycles. The Bertz CT molecular complexity index is 1540. The molecule has 1 fully saturated rings. The van der Waals surface area contributed by atoms with Crippen LogP contribution in [0.5, 0.6) is 11.5 Å². The first-order valence-corrected chi connectivity index (χ1v) is 14.0. The van der Waals surface area contributed by atoms with Crippen molar-refractivity contribution in [1.82, 2.24) is 15.2 Å². The Morgan fingerprint density at radius 1 is 1.10 bits per heavy atom. The van der Waals surface area contributed by atoms with Crippen LogP contribution in [0.15, 0.2) is 72.3 Å². The molecular formula is C31H32N4O4S. The average Bonchev–Trinajstić information content (AvgIpc) is 3.57. The topological polar surface area (TPSA) is 107 Å². The summed E-state index contributed by atoms with van der Waals surface area (Å²) in [6, 6.07) is 17.4. The fourth-order valence-corrected chi connectivity index (χ4v) is 5.61. The van der Waals surface area contributed by atoms with Gasteiger partial charge in [0.05, 0.1) is 0 Å². The summed E-state index contributed by atoms with van der Waals surface area (Å²) < 4.78 is 12.3. The van der Waals surface area contributed by atoms with Crippen LogP contribution in [-0.4, -0.2) is 46.6 Å². The highest BCUT2D eigenvalue weighted by molar-refractivity contribution is 7.18. The van der Waals surface area contributed by atoms with Crippen LogP contribution in [0, 0.1) is 0 Å². The highest BCUT2D eigenvalue weighted by atomic mass is 32.1. The van der Waals surface area contributed by atoms with Gasteiger partial charge in [-0.2, -0.15) is 0 Å². The number of nitrogens with zero attached hydrogens (tertiary/aromatic N) is 2. The number of carbonyl (C=O) groups is 2. The van der Waals surface area contributed by atoms with Gasteiger partial charge in [-0.05, 0) is 68.5 Å². The van der Waals surface area contributed by atoms with E-state index in [1.165, 1.54) is 6.08 Å². The molecule has 1 aliphatic heterocycles. The summed E-state index contributed by atoms with van der Waals surface area (Å²) in [5.41, 5.74) is 8.53. The van der Waals surface area contributed by atoms with Crippen LogP contribution >= 0.6 is 11.3 Å². The second-order valence-electron chi connectivity index (χ2n) is 10.6. The maximum atomic E-state index is 12.7. The highest BCUT2D eigenvalue weighted by Gasteiger charge is 2.30. The Labute approximate surface area is 237 Å². The third kappa shape index (κ3) is 6.43. The lowest BCUT2D eigenvalue weighted by Gasteiger charge is -2.24. The molecule has 1 unspecified atom stereocenters. The van der Waals surface area contributed by atoms with Crippen molar-refractivity contribution < 1.29 is 19.1 Å². The zero-order valence-electron chi connectivity index (χ0n) is 22.7. The number of rotatable bonds is 6. The van der Waals surface area contributed by atoms with E-state index < -0.39 is 5.60 Å². The standard InChI is InChI=1S/C31H32N4O4S/c1-31(2,3)39-30(37)35-16-15-22(18-35)34-26(36)14-11-21-17-33-29(32)27-25(19-40-28(21)27)20-9-12-24(13-10-20)38-23-7-5-4-6-8-23/h4-14,17,19,22H,15-16,18H2,1-3H3,(H2,32,33)(H,34,36)/b14-11+. The number of thiophene rings is 1. The van der Waals surface area contributed by atoms with Crippen LogP contribution in [0.4, 0.5) is 10.6 Å². The van der Waals surface area contributed by atoms with Crippen LogP contribution in [0.1, 0.15) is 32.8 Å². The molecule has 0 bridgehead atoms. The zero-order chi connectivity index (χ0) is 28.3. The molecule has 8 nitrogen and oxygen atoms in total. The third-order valence-electron chi connectivity index (χ3n) is 6.40. The monoisotopic (exact) mass is 556 g/mol. The number of benzene rings is 2. The number of carbonyl (C=O) groups excluding carboxylic acids is 2. The summed E-state index contributed by atoms with van der Waals surface area (Å²) >= 11 is 1.56. The van der Waals surface area contributed by atoms with E-state index in [2.05, 4.69) is 15.7 Å². The highest BCUT2D eigenvalue weighted by Crippen LogP contribution is 2.39. The molecule has 40 heavy (non-hydrogen) atoms. The summed E-state index contributed by atoms with van der Waals surface area (Å²) in [5, 5.41) is 5.89. The number of para-hydroxylation sites is 1. The lowest BCUT2D eigenvalue weighted by atomic mass is 10.0. The van der Waals surface area contributed by atoms with Gasteiger partial charge in [0.1, 0.15) is 22.9 Å². The van der Waals surface area contributed by atoms with Gasteiger partial charge >= 0.3 is 6.09 Å². The van der Waals surface area contributed by atoms with E-state index >= 15 is 0 Å². The number of likely N-dealkylation sites (tertiary alicyclic amines) is 1. The van der Waals surface area contributed by atoms with Gasteiger partial charge in [0.15, 0.2) is 0 Å². The molecule has 0 radical (unpaired) electrons. The third-order valence-corrected chi connectivity index (χ3v) is 7.43. The number of aromatic nitrogens is 1. The smallest absolute Gasteiger partial charge is 0.410 e. The maximum Gasteiger partial charge on any atom is 0.410 e. The number of nitrogens with one attached hydrogen (secondary N) is 1. The molecule has 206 valence electrons. The molecule has 1 atom stereocenters. The number of hydrogen-bond donors (Lipinski definition) is 2. The van der Waals surface area contributed by atoms with Crippen molar-refractivity contribution in [3.8, 4) is 22.6 Å². The second-order valence-corrected chi connectivity index (χ2v) is 11.5. The quantitative estimate of drug-likeness (QED) is 0.263. The molecule has 0 spiro atoms. The Hall–Kier alpha value is -4.37. The Kier molecular flexibility index (Phi) is 7.75. The van der Waals surface area contributed by atoms with Crippen LogP contribution < -0.4 is 15.8 Å². The maximum absolute atomic E-state index is 12.7. The number of anilines is 1. The van der Waals surface area contributed by atoms with E-state index in [0.29, 0.717) is 25.3 Å². The van der Waals surface area contributed by atoms with Crippen molar-refractivity contribution in [2.45, 2.75) is 38.8 Å². The van der Waals surface area contributed by atoms with Gasteiger partial charge in [-0.25, -0.2) is 9.78 Å². The molecule has 3 heterocycles. The fraction of sp³-hybridized carbons (Fsp3) is 0.258. The van der Waals surface area contributed by atoms with Gasteiger partial charge in [0.25, 0.3) is 0 Å². The van der Waals surface area contributed by atoms with Crippen molar-refractivity contribution in [3.63, 3.8) is 0 Å². The molecule has 1 aliphatic rings. The molecule has 2 aromatic carbocycles. The van der Waals surface area contributed by atoms with Gasteiger partial charge < -0.3 is 25.4 Å². The largest absolute Gasteiger partial charge is 0.457 e. The van der Waals surface area contributed by atoms with Crippen molar-refractivity contribution >= 4 is 45.3 Å². The van der Waals surface area contributed by atoms with Crippen LogP contribution in [0.3, 0.4) is 0 Å². The normalized spacial score (nSPS) is 15.5. The van der Waals surface area contributed by atoms with E-state index in [1.54, 1.807) is 28.5 Å². The summed E-state index contributed by atoms with van der Waals surface area (Å²) in [5.74, 6) is 1.72. The van der Waals surface area contributed by atoms with E-state index in [9.17, 15) is 9.59 Å². The number of nitrogens with two attached hydrogens (primary N) is 1. The second kappa shape index (κ2) is 11.4. The Balaban J connectivity index is 1.26. The Morgan fingerprint density at radius 2 is 1.82 bits per heavy atom. The van der Waals surface area contributed by atoms with Gasteiger partial charge in [-0.15, -0.1) is 11.3 Å². The molecule has 4 aromatic rings. The number of amides is 2. The van der Waals surface area contributed by atoms with Gasteiger partial charge in [-0.1, -0.05) is 30.3 Å². The molecule has 3 N–H and O–H groups in total. The van der Waals surface area contributed by atoms with E-state index in [-0.39, 0.29) is 18.0 Å². The minimum Gasteiger partial charge on any atom is -0.457 e. The van der Waals surface area contributed by atoms with E-state index in [1.807, 2.05) is 75.4 Å². The van der Waals surface area contributed by atoms with E-state index in [4.69, 9.17) is 15.2 Å². The number of nitrogen functional groups attached to an aromatic ring is 1. The molecule has 9 heteroatoms. The fourth-order valence-electron chi connectivity index (χ4n) is 4.53. The number of ether oxygens (including phenoxy) is 2. The first-order valence-electron chi connectivity index (χ1n) is 13.1. The summed E-state index contributed by atoms with van der Waals surface area (Å²) in [6.45, 7) is 6.47. The molecule has 2 aromatic heterocycles. The lowest BCUT2D eigenvalue weighted by molar-refractivity contribution is -0.117. The lowest BCUT2D eigenvalue weighted by Crippen LogP contribution is -2.39.